The largest absolute Gasteiger partial charge is 0.479 e. The molecular formula is C25H37FN2O4. The van der Waals surface area contributed by atoms with Gasteiger partial charge in [0.25, 0.3) is 5.56 Å². The number of aliphatic carboxylic acids is 1. The van der Waals surface area contributed by atoms with Gasteiger partial charge in [-0.05, 0) is 57.2 Å². The van der Waals surface area contributed by atoms with Crippen molar-refractivity contribution in [1.29, 1.82) is 0 Å². The van der Waals surface area contributed by atoms with Crippen LogP contribution >= 0.6 is 0 Å². The highest BCUT2D eigenvalue weighted by molar-refractivity contribution is 5.80. The Bertz CT molecular complexity index is 946. The van der Waals surface area contributed by atoms with E-state index in [4.69, 9.17) is 0 Å². The van der Waals surface area contributed by atoms with Gasteiger partial charge in [-0.1, -0.05) is 39.0 Å². The van der Waals surface area contributed by atoms with Crippen molar-refractivity contribution in [3.05, 3.63) is 63.1 Å². The lowest BCUT2D eigenvalue weighted by atomic mass is 9.88. The third-order valence-electron chi connectivity index (χ3n) is 5.66. The molecule has 3 N–H and O–H groups in total. The molecule has 32 heavy (non-hydrogen) atoms. The zero-order chi connectivity index (χ0) is 24.5. The molecule has 1 unspecified atom stereocenters. The highest BCUT2D eigenvalue weighted by Crippen LogP contribution is 2.29. The summed E-state index contributed by atoms with van der Waals surface area (Å²) in [7, 11) is 0. The number of nitrogens with zero attached hydrogens (tertiary/aromatic N) is 1. The van der Waals surface area contributed by atoms with Crippen LogP contribution in [0.2, 0.25) is 0 Å². The van der Waals surface area contributed by atoms with Crippen molar-refractivity contribution in [1.82, 2.24) is 9.88 Å². The molecule has 0 aliphatic rings. The van der Waals surface area contributed by atoms with Crippen LogP contribution in [0, 0.1) is 6.92 Å². The minimum Gasteiger partial charge on any atom is -0.479 e. The van der Waals surface area contributed by atoms with E-state index in [0.717, 1.165) is 18.4 Å². The van der Waals surface area contributed by atoms with E-state index in [1.54, 1.807) is 19.9 Å². The number of aromatic nitrogens is 1. The summed E-state index contributed by atoms with van der Waals surface area (Å²) in [6.45, 7) is 13.2. The fourth-order valence-electron chi connectivity index (χ4n) is 3.64. The van der Waals surface area contributed by atoms with Gasteiger partial charge < -0.3 is 20.1 Å². The molecule has 0 aliphatic carbocycles. The van der Waals surface area contributed by atoms with Gasteiger partial charge in [0, 0.05) is 24.2 Å². The second kappa shape index (κ2) is 12.4. The van der Waals surface area contributed by atoms with Gasteiger partial charge in [-0.3, -0.25) is 4.79 Å². The molecule has 1 aromatic rings. The van der Waals surface area contributed by atoms with Gasteiger partial charge in [0.05, 0.1) is 11.4 Å². The Balaban J connectivity index is 3.45. The van der Waals surface area contributed by atoms with Crippen LogP contribution in [0.3, 0.4) is 0 Å². The molecule has 1 heterocycles. The quantitative estimate of drug-likeness (QED) is 0.388. The molecular weight excluding hydrogens is 411 g/mol. The molecule has 1 rings (SSSR count). The summed E-state index contributed by atoms with van der Waals surface area (Å²) in [4.78, 5) is 25.0. The van der Waals surface area contributed by atoms with Crippen molar-refractivity contribution in [2.45, 2.75) is 72.4 Å². The molecule has 0 saturated heterocycles. The number of carboxylic acids is 1. The van der Waals surface area contributed by atoms with Crippen molar-refractivity contribution >= 4 is 11.7 Å². The number of nitrogens with one attached hydrogen (secondary N) is 1. The Kier molecular flexibility index (Phi) is 10.6. The van der Waals surface area contributed by atoms with E-state index in [9.17, 15) is 24.2 Å². The molecule has 0 fully saturated rings. The standard InChI is InChI=1S/C25H37FN2O4/c1-7-12-20(17(4)16-26)13-10-11-14-28-22(19(6)27-9-3)15-21(18(5)23(28)29)25(32,8-2)24(30)31/h10,13,15,27,32H,6-9,11-12,14,16H2,1-5H3,(H,30,31)/b13-10+,20-17-. The maximum absolute atomic E-state index is 13.2. The molecule has 0 bridgehead atoms. The Hall–Kier alpha value is -2.67. The molecule has 0 amide bonds. The summed E-state index contributed by atoms with van der Waals surface area (Å²) in [5.41, 5.74) is 0.297. The number of carbonyl (C=O) groups is 1. The first-order valence-electron chi connectivity index (χ1n) is 11.1. The molecule has 6 nitrogen and oxygen atoms in total. The van der Waals surface area contributed by atoms with Crippen LogP contribution in [0.5, 0.6) is 0 Å². The maximum Gasteiger partial charge on any atom is 0.340 e. The molecule has 0 aliphatic heterocycles. The van der Waals surface area contributed by atoms with Gasteiger partial charge >= 0.3 is 5.97 Å². The van der Waals surface area contributed by atoms with Crippen molar-refractivity contribution in [2.24, 2.45) is 0 Å². The minimum atomic E-state index is -2.16. The Morgan fingerprint density at radius 3 is 2.50 bits per heavy atom. The number of allylic oxidation sites excluding steroid dienone is 4. The highest BCUT2D eigenvalue weighted by atomic mass is 19.1. The Morgan fingerprint density at radius 2 is 2.00 bits per heavy atom. The summed E-state index contributed by atoms with van der Waals surface area (Å²) >= 11 is 0. The van der Waals surface area contributed by atoms with Crippen LogP contribution < -0.4 is 10.9 Å². The van der Waals surface area contributed by atoms with E-state index in [-0.39, 0.29) is 23.1 Å². The normalized spacial score (nSPS) is 14.2. The summed E-state index contributed by atoms with van der Waals surface area (Å²) in [5, 5.41) is 23.4. The van der Waals surface area contributed by atoms with Crippen LogP contribution in [0.4, 0.5) is 4.39 Å². The number of hydrogen-bond acceptors (Lipinski definition) is 4. The van der Waals surface area contributed by atoms with Gasteiger partial charge in [-0.25, -0.2) is 9.18 Å². The van der Waals surface area contributed by atoms with Crippen LogP contribution in [0.1, 0.15) is 70.2 Å². The predicted octanol–water partition coefficient (Wildman–Crippen LogP) is 4.45. The first-order chi connectivity index (χ1) is 15.1. The molecule has 0 aromatic carbocycles. The second-order valence-corrected chi connectivity index (χ2v) is 7.93. The van der Waals surface area contributed by atoms with Crippen molar-refractivity contribution in [3.8, 4) is 0 Å². The lowest BCUT2D eigenvalue weighted by Crippen LogP contribution is -2.39. The van der Waals surface area contributed by atoms with E-state index >= 15 is 0 Å². The third kappa shape index (κ3) is 6.19. The zero-order valence-electron chi connectivity index (χ0n) is 19.9. The number of halogens is 1. The summed E-state index contributed by atoms with van der Waals surface area (Å²) in [6.07, 6.45) is 5.96. The van der Waals surface area contributed by atoms with E-state index in [0.29, 0.717) is 36.5 Å². The monoisotopic (exact) mass is 448 g/mol. The summed E-state index contributed by atoms with van der Waals surface area (Å²) < 4.78 is 14.6. The SMILES string of the molecule is C=C(NCC)c1cc(C(O)(CC)C(=O)O)c(C)c(=O)n1CC/C=C/C(CCC)=C(/C)CF. The number of alkyl halides is 1. The molecule has 7 heteroatoms. The van der Waals surface area contributed by atoms with Gasteiger partial charge in [0.1, 0.15) is 6.67 Å². The highest BCUT2D eigenvalue weighted by Gasteiger charge is 2.39. The van der Waals surface area contributed by atoms with E-state index in [2.05, 4.69) is 11.9 Å². The van der Waals surface area contributed by atoms with Crippen molar-refractivity contribution in [2.75, 3.05) is 13.2 Å². The van der Waals surface area contributed by atoms with E-state index in [1.165, 1.54) is 11.5 Å². The number of pyridine rings is 1. The van der Waals surface area contributed by atoms with E-state index in [1.807, 2.05) is 26.0 Å². The maximum atomic E-state index is 13.2. The molecule has 1 atom stereocenters. The van der Waals surface area contributed by atoms with Gasteiger partial charge in [-0.2, -0.15) is 0 Å². The summed E-state index contributed by atoms with van der Waals surface area (Å²) in [5.74, 6) is -1.40. The lowest BCUT2D eigenvalue weighted by molar-refractivity contribution is -0.160. The minimum absolute atomic E-state index is 0.0741. The Morgan fingerprint density at radius 1 is 1.34 bits per heavy atom. The number of rotatable bonds is 13. The average molecular weight is 449 g/mol. The predicted molar refractivity (Wildman–Crippen MR) is 127 cm³/mol. The van der Waals surface area contributed by atoms with Crippen molar-refractivity contribution in [3.63, 3.8) is 0 Å². The lowest BCUT2D eigenvalue weighted by Gasteiger charge is -2.26. The first kappa shape index (κ1) is 27.4. The van der Waals surface area contributed by atoms with Crippen LogP contribution in [0.15, 0.2) is 40.7 Å². The average Bonchev–Trinajstić information content (AvgIpc) is 2.77. The topological polar surface area (TPSA) is 91.6 Å². The first-order valence-corrected chi connectivity index (χ1v) is 11.1. The molecule has 178 valence electrons. The zero-order valence-corrected chi connectivity index (χ0v) is 19.9. The van der Waals surface area contributed by atoms with Crippen LogP contribution in [-0.4, -0.2) is 34.0 Å². The second-order valence-electron chi connectivity index (χ2n) is 7.93. The molecule has 0 radical (unpaired) electrons. The van der Waals surface area contributed by atoms with Crippen molar-refractivity contribution < 1.29 is 19.4 Å². The number of hydrogen-bond donors (Lipinski definition) is 3. The van der Waals surface area contributed by atoms with Gasteiger partial charge in [0.2, 0.25) is 0 Å². The molecule has 0 spiro atoms. The van der Waals surface area contributed by atoms with Crippen LogP contribution in [0.25, 0.3) is 5.70 Å². The molecule has 1 aromatic heterocycles. The van der Waals surface area contributed by atoms with Crippen LogP contribution in [-0.2, 0) is 16.9 Å². The molecule has 0 saturated carbocycles. The number of carboxylic acid groups (broad SMARTS) is 1. The van der Waals surface area contributed by atoms with E-state index < -0.39 is 18.2 Å². The number of aliphatic hydroxyl groups is 1. The fraction of sp³-hybridized carbons (Fsp3) is 0.520. The third-order valence-corrected chi connectivity index (χ3v) is 5.66. The fourth-order valence-corrected chi connectivity index (χ4v) is 3.64. The smallest absolute Gasteiger partial charge is 0.340 e. The summed E-state index contributed by atoms with van der Waals surface area (Å²) in [6, 6.07) is 1.54. The van der Waals surface area contributed by atoms with Gasteiger partial charge in [-0.15, -0.1) is 0 Å². The Labute approximate surface area is 190 Å². The van der Waals surface area contributed by atoms with Gasteiger partial charge in [0.15, 0.2) is 5.60 Å².